The molecule has 0 aliphatic carbocycles. The van der Waals surface area contributed by atoms with Crippen molar-refractivity contribution < 1.29 is 13.6 Å². The molecule has 1 rings (SSSR count). The Morgan fingerprint density at radius 2 is 1.89 bits per heavy atom. The van der Waals surface area contributed by atoms with Crippen molar-refractivity contribution >= 4 is 11.6 Å². The molecule has 2 N–H and O–H groups in total. The summed E-state index contributed by atoms with van der Waals surface area (Å²) in [6.07, 6.45) is 1.74. The van der Waals surface area contributed by atoms with Crippen LogP contribution < -0.4 is 10.6 Å². The monoisotopic (exact) mass is 256 g/mol. The lowest BCUT2D eigenvalue weighted by Crippen LogP contribution is -2.37. The minimum absolute atomic E-state index is 0.0432. The average Bonchev–Trinajstić information content (AvgIpc) is 2.37. The molecule has 1 amide bonds. The second-order valence-corrected chi connectivity index (χ2v) is 4.06. The van der Waals surface area contributed by atoms with Gasteiger partial charge in [0.15, 0.2) is 11.6 Å². The lowest BCUT2D eigenvalue weighted by atomic mass is 10.2. The van der Waals surface area contributed by atoms with E-state index in [9.17, 15) is 13.6 Å². The summed E-state index contributed by atoms with van der Waals surface area (Å²) in [5, 5.41) is 5.59. The van der Waals surface area contributed by atoms with Gasteiger partial charge in [0.1, 0.15) is 0 Å². The molecule has 0 saturated carbocycles. The number of amides is 1. The quantitative estimate of drug-likeness (QED) is 0.821. The van der Waals surface area contributed by atoms with Gasteiger partial charge in [-0.15, -0.1) is 0 Å². The first-order valence-corrected chi connectivity index (χ1v) is 6.05. The number of carbonyl (C=O) groups is 1. The Labute approximate surface area is 106 Å². The summed E-state index contributed by atoms with van der Waals surface area (Å²) >= 11 is 0. The summed E-state index contributed by atoms with van der Waals surface area (Å²) in [5.74, 6) is -1.99. The van der Waals surface area contributed by atoms with E-state index in [1.165, 1.54) is 6.07 Å². The summed E-state index contributed by atoms with van der Waals surface area (Å²) in [5.41, 5.74) is 0.383. The van der Waals surface area contributed by atoms with Crippen LogP contribution in [-0.4, -0.2) is 18.5 Å². The maximum absolute atomic E-state index is 12.9. The molecule has 0 spiro atoms. The molecule has 0 bridgehead atoms. The molecule has 0 heterocycles. The van der Waals surface area contributed by atoms with Crippen LogP contribution >= 0.6 is 0 Å². The predicted octanol–water partition coefficient (Wildman–Crippen LogP) is 2.68. The Kier molecular flexibility index (Phi) is 5.55. The number of carbonyl (C=O) groups excluding carboxylic acids is 1. The van der Waals surface area contributed by atoms with Crippen molar-refractivity contribution in [1.82, 2.24) is 5.32 Å². The summed E-state index contributed by atoms with van der Waals surface area (Å²) in [6, 6.07) is 3.60. The fraction of sp³-hybridized carbons (Fsp3) is 0.462. The number of nitrogens with one attached hydrogen (secondary N) is 2. The summed E-state index contributed by atoms with van der Waals surface area (Å²) in [4.78, 5) is 11.6. The van der Waals surface area contributed by atoms with Gasteiger partial charge in [0.2, 0.25) is 5.91 Å². The SMILES string of the molecule is CCC(CC)NC(=O)CNc1ccc(F)c(F)c1. The minimum Gasteiger partial charge on any atom is -0.376 e. The van der Waals surface area contributed by atoms with Crippen molar-refractivity contribution in [2.45, 2.75) is 32.7 Å². The highest BCUT2D eigenvalue weighted by molar-refractivity contribution is 5.80. The first-order chi connectivity index (χ1) is 8.56. The molecule has 0 atom stereocenters. The molecule has 0 aromatic heterocycles. The van der Waals surface area contributed by atoms with E-state index in [4.69, 9.17) is 0 Å². The van der Waals surface area contributed by atoms with Gasteiger partial charge >= 0.3 is 0 Å². The third kappa shape index (κ3) is 4.31. The average molecular weight is 256 g/mol. The molecular weight excluding hydrogens is 238 g/mol. The molecule has 100 valence electrons. The normalized spacial score (nSPS) is 10.5. The van der Waals surface area contributed by atoms with E-state index in [1.54, 1.807) is 0 Å². The van der Waals surface area contributed by atoms with E-state index in [-0.39, 0.29) is 18.5 Å². The van der Waals surface area contributed by atoms with Crippen LogP contribution in [0.3, 0.4) is 0 Å². The topological polar surface area (TPSA) is 41.1 Å². The summed E-state index contributed by atoms with van der Waals surface area (Å²) < 4.78 is 25.6. The lowest BCUT2D eigenvalue weighted by molar-refractivity contribution is -0.120. The van der Waals surface area contributed by atoms with Crippen LogP contribution in [0.4, 0.5) is 14.5 Å². The van der Waals surface area contributed by atoms with Gasteiger partial charge < -0.3 is 10.6 Å². The van der Waals surface area contributed by atoms with Gasteiger partial charge in [-0.2, -0.15) is 0 Å². The number of rotatable bonds is 6. The maximum atomic E-state index is 12.9. The van der Waals surface area contributed by atoms with Crippen molar-refractivity contribution in [3.8, 4) is 0 Å². The van der Waals surface area contributed by atoms with Crippen LogP contribution in [0, 0.1) is 11.6 Å². The molecule has 0 aliphatic heterocycles. The highest BCUT2D eigenvalue weighted by Crippen LogP contribution is 2.12. The van der Waals surface area contributed by atoms with E-state index in [1.807, 2.05) is 13.8 Å². The number of hydrogen-bond donors (Lipinski definition) is 2. The van der Waals surface area contributed by atoms with Gasteiger partial charge in [-0.1, -0.05) is 13.8 Å². The number of hydrogen-bond acceptors (Lipinski definition) is 2. The van der Waals surface area contributed by atoms with Crippen molar-refractivity contribution in [2.75, 3.05) is 11.9 Å². The van der Waals surface area contributed by atoms with Crippen molar-refractivity contribution in [2.24, 2.45) is 0 Å². The highest BCUT2D eigenvalue weighted by atomic mass is 19.2. The maximum Gasteiger partial charge on any atom is 0.239 e. The Morgan fingerprint density at radius 3 is 2.44 bits per heavy atom. The Hall–Kier alpha value is -1.65. The van der Waals surface area contributed by atoms with Crippen LogP contribution in [0.15, 0.2) is 18.2 Å². The predicted molar refractivity (Wildman–Crippen MR) is 67.4 cm³/mol. The zero-order chi connectivity index (χ0) is 13.5. The minimum atomic E-state index is -0.930. The first-order valence-electron chi connectivity index (χ1n) is 6.05. The van der Waals surface area contributed by atoms with Gasteiger partial charge in [0.25, 0.3) is 0 Å². The van der Waals surface area contributed by atoms with Crippen molar-refractivity contribution in [3.63, 3.8) is 0 Å². The number of anilines is 1. The highest BCUT2D eigenvalue weighted by Gasteiger charge is 2.08. The van der Waals surface area contributed by atoms with Gasteiger partial charge in [-0.05, 0) is 25.0 Å². The Balaban J connectivity index is 2.44. The molecule has 1 aromatic carbocycles. The van der Waals surface area contributed by atoms with Crippen molar-refractivity contribution in [3.05, 3.63) is 29.8 Å². The van der Waals surface area contributed by atoms with Gasteiger partial charge in [-0.25, -0.2) is 8.78 Å². The zero-order valence-corrected chi connectivity index (χ0v) is 10.6. The van der Waals surface area contributed by atoms with E-state index in [0.29, 0.717) is 5.69 Å². The number of halogens is 2. The molecule has 0 radical (unpaired) electrons. The van der Waals surface area contributed by atoms with E-state index < -0.39 is 11.6 Å². The van der Waals surface area contributed by atoms with E-state index >= 15 is 0 Å². The standard InChI is InChI=1S/C13H18F2N2O/c1-3-9(4-2)17-13(18)8-16-10-5-6-11(14)12(15)7-10/h5-7,9,16H,3-4,8H2,1-2H3,(H,17,18). The number of benzene rings is 1. The fourth-order valence-electron chi connectivity index (χ4n) is 1.56. The van der Waals surface area contributed by atoms with Crippen molar-refractivity contribution in [1.29, 1.82) is 0 Å². The lowest BCUT2D eigenvalue weighted by Gasteiger charge is -2.15. The van der Waals surface area contributed by atoms with Crippen LogP contribution in [0.5, 0.6) is 0 Å². The zero-order valence-electron chi connectivity index (χ0n) is 10.6. The van der Waals surface area contributed by atoms with Crippen LogP contribution in [0.25, 0.3) is 0 Å². The largest absolute Gasteiger partial charge is 0.376 e. The molecule has 0 aliphatic rings. The Morgan fingerprint density at radius 1 is 1.22 bits per heavy atom. The van der Waals surface area contributed by atoms with Crippen LogP contribution in [0.1, 0.15) is 26.7 Å². The third-order valence-corrected chi connectivity index (χ3v) is 2.72. The van der Waals surface area contributed by atoms with Gasteiger partial charge in [0, 0.05) is 17.8 Å². The van der Waals surface area contributed by atoms with Crippen LogP contribution in [-0.2, 0) is 4.79 Å². The summed E-state index contributed by atoms with van der Waals surface area (Å²) in [6.45, 7) is 4.04. The van der Waals surface area contributed by atoms with E-state index in [2.05, 4.69) is 10.6 Å². The molecule has 3 nitrogen and oxygen atoms in total. The fourth-order valence-corrected chi connectivity index (χ4v) is 1.56. The van der Waals surface area contributed by atoms with Gasteiger partial charge in [-0.3, -0.25) is 4.79 Å². The van der Waals surface area contributed by atoms with Crippen LogP contribution in [0.2, 0.25) is 0 Å². The molecule has 0 unspecified atom stereocenters. The first kappa shape index (κ1) is 14.4. The summed E-state index contributed by atoms with van der Waals surface area (Å²) in [7, 11) is 0. The molecule has 18 heavy (non-hydrogen) atoms. The van der Waals surface area contributed by atoms with Gasteiger partial charge in [0.05, 0.1) is 6.54 Å². The molecular formula is C13H18F2N2O. The second kappa shape index (κ2) is 6.93. The van der Waals surface area contributed by atoms with E-state index in [0.717, 1.165) is 25.0 Å². The molecule has 1 aromatic rings. The Bertz CT molecular complexity index is 406. The second-order valence-electron chi connectivity index (χ2n) is 4.06. The molecule has 0 fully saturated rings. The molecule has 5 heteroatoms. The smallest absolute Gasteiger partial charge is 0.239 e. The molecule has 0 saturated heterocycles. The third-order valence-electron chi connectivity index (χ3n) is 2.72.